The van der Waals surface area contributed by atoms with Crippen LogP contribution in [-0.4, -0.2) is 17.3 Å². The number of nitrogens with one attached hydrogen (secondary N) is 1. The predicted octanol–water partition coefficient (Wildman–Crippen LogP) is 3.08. The summed E-state index contributed by atoms with van der Waals surface area (Å²) in [5.41, 5.74) is 2.31. The van der Waals surface area contributed by atoms with Gasteiger partial charge in [-0.25, -0.2) is 0 Å². The van der Waals surface area contributed by atoms with E-state index in [1.807, 2.05) is 0 Å². The van der Waals surface area contributed by atoms with E-state index in [2.05, 4.69) is 46.4 Å². The zero-order chi connectivity index (χ0) is 10.8. The minimum absolute atomic E-state index is 0.190. The lowest BCUT2D eigenvalue weighted by atomic mass is 10.2. The van der Waals surface area contributed by atoms with Crippen molar-refractivity contribution < 1.29 is 5.11 Å². The van der Waals surface area contributed by atoms with E-state index in [-0.39, 0.29) is 12.1 Å². The van der Waals surface area contributed by atoms with E-state index < -0.39 is 0 Å². The normalized spacial score (nSPS) is 25.5. The van der Waals surface area contributed by atoms with Gasteiger partial charge in [0.2, 0.25) is 0 Å². The first-order valence-electron chi connectivity index (χ1n) is 5.37. The molecule has 2 rings (SSSR count). The van der Waals surface area contributed by atoms with Crippen molar-refractivity contribution in [3.63, 3.8) is 0 Å². The molecular weight excluding hydrogens is 254 g/mol. The lowest BCUT2D eigenvalue weighted by Gasteiger charge is -2.18. The molecule has 1 saturated carbocycles. The molecule has 0 saturated heterocycles. The molecule has 3 heteroatoms. The highest BCUT2D eigenvalue weighted by Crippen LogP contribution is 2.25. The fourth-order valence-electron chi connectivity index (χ4n) is 2.01. The quantitative estimate of drug-likeness (QED) is 0.865. The predicted molar refractivity (Wildman–Crippen MR) is 66.1 cm³/mol. The maximum Gasteiger partial charge on any atom is 0.0741 e. The lowest BCUT2D eigenvalue weighted by Crippen LogP contribution is -2.27. The second-order valence-corrected chi connectivity index (χ2v) is 5.07. The van der Waals surface area contributed by atoms with Gasteiger partial charge < -0.3 is 10.4 Å². The zero-order valence-corrected chi connectivity index (χ0v) is 10.4. The van der Waals surface area contributed by atoms with Crippen molar-refractivity contribution in [1.29, 1.82) is 0 Å². The number of aliphatic hydroxyl groups excluding tert-OH is 1. The number of hydrogen-bond acceptors (Lipinski definition) is 2. The molecule has 1 aromatic carbocycles. The summed E-state index contributed by atoms with van der Waals surface area (Å²) in [5, 5.41) is 13.1. The minimum atomic E-state index is -0.190. The molecule has 0 aromatic heterocycles. The Labute approximate surface area is 98.8 Å². The Balaban J connectivity index is 2.07. The molecule has 1 fully saturated rings. The molecule has 2 N–H and O–H groups in total. The SMILES string of the molecule is Cc1ccc(N[C@H]2CCC[C@@H]2O)cc1Br. The van der Waals surface area contributed by atoms with Crippen molar-refractivity contribution in [3.05, 3.63) is 28.2 Å². The second kappa shape index (κ2) is 4.54. The van der Waals surface area contributed by atoms with Gasteiger partial charge in [0.1, 0.15) is 0 Å². The fraction of sp³-hybridized carbons (Fsp3) is 0.500. The Morgan fingerprint density at radius 3 is 2.80 bits per heavy atom. The first-order chi connectivity index (χ1) is 7.16. The number of rotatable bonds is 2. The van der Waals surface area contributed by atoms with Crippen molar-refractivity contribution in [1.82, 2.24) is 0 Å². The Hall–Kier alpha value is -0.540. The van der Waals surface area contributed by atoms with Gasteiger partial charge in [-0.05, 0) is 43.9 Å². The van der Waals surface area contributed by atoms with Gasteiger partial charge in [-0.2, -0.15) is 0 Å². The first-order valence-corrected chi connectivity index (χ1v) is 6.17. The average Bonchev–Trinajstić information content (AvgIpc) is 2.59. The summed E-state index contributed by atoms with van der Waals surface area (Å²) in [5.74, 6) is 0. The zero-order valence-electron chi connectivity index (χ0n) is 8.83. The fourth-order valence-corrected chi connectivity index (χ4v) is 2.38. The van der Waals surface area contributed by atoms with Crippen LogP contribution in [0.15, 0.2) is 22.7 Å². The van der Waals surface area contributed by atoms with Crippen LogP contribution in [0.4, 0.5) is 5.69 Å². The van der Waals surface area contributed by atoms with Crippen molar-refractivity contribution in [2.75, 3.05) is 5.32 Å². The Bertz CT molecular complexity index is 353. The van der Waals surface area contributed by atoms with E-state index in [0.717, 1.165) is 29.4 Å². The molecule has 0 bridgehead atoms. The standard InChI is InChI=1S/C12H16BrNO/c1-8-5-6-9(7-10(8)13)14-11-3-2-4-12(11)15/h5-7,11-12,14-15H,2-4H2,1H3/t11-,12-/m0/s1. The molecule has 1 aromatic rings. The van der Waals surface area contributed by atoms with Crippen LogP contribution in [0.1, 0.15) is 24.8 Å². The third-order valence-corrected chi connectivity index (χ3v) is 3.86. The van der Waals surface area contributed by atoms with E-state index in [4.69, 9.17) is 0 Å². The molecule has 2 atom stereocenters. The van der Waals surface area contributed by atoms with Crippen LogP contribution >= 0.6 is 15.9 Å². The summed E-state index contributed by atoms with van der Waals surface area (Å²) in [6, 6.07) is 6.43. The number of benzene rings is 1. The molecule has 0 radical (unpaired) electrons. The number of anilines is 1. The molecule has 0 spiro atoms. The van der Waals surface area contributed by atoms with Gasteiger partial charge in [-0.15, -0.1) is 0 Å². The molecule has 0 amide bonds. The topological polar surface area (TPSA) is 32.3 Å². The van der Waals surface area contributed by atoms with Gasteiger partial charge in [0, 0.05) is 10.2 Å². The van der Waals surface area contributed by atoms with Gasteiger partial charge >= 0.3 is 0 Å². The minimum Gasteiger partial charge on any atom is -0.391 e. The maximum absolute atomic E-state index is 9.70. The van der Waals surface area contributed by atoms with E-state index in [1.165, 1.54) is 5.56 Å². The monoisotopic (exact) mass is 269 g/mol. The largest absolute Gasteiger partial charge is 0.391 e. The Kier molecular flexibility index (Phi) is 3.32. The molecule has 15 heavy (non-hydrogen) atoms. The number of aryl methyl sites for hydroxylation is 1. The van der Waals surface area contributed by atoms with Gasteiger partial charge in [-0.1, -0.05) is 22.0 Å². The first kappa shape index (κ1) is 11.0. The Morgan fingerprint density at radius 2 is 2.20 bits per heavy atom. The summed E-state index contributed by atoms with van der Waals surface area (Å²) in [6.07, 6.45) is 2.91. The summed E-state index contributed by atoms with van der Waals surface area (Å²) < 4.78 is 1.11. The Morgan fingerprint density at radius 1 is 1.40 bits per heavy atom. The average molecular weight is 270 g/mol. The molecule has 0 heterocycles. The van der Waals surface area contributed by atoms with Crippen molar-refractivity contribution >= 4 is 21.6 Å². The summed E-state index contributed by atoms with van der Waals surface area (Å²) >= 11 is 3.51. The lowest BCUT2D eigenvalue weighted by molar-refractivity contribution is 0.172. The van der Waals surface area contributed by atoms with Crippen LogP contribution in [-0.2, 0) is 0 Å². The van der Waals surface area contributed by atoms with E-state index in [1.54, 1.807) is 0 Å². The third-order valence-electron chi connectivity index (χ3n) is 3.00. The van der Waals surface area contributed by atoms with Crippen LogP contribution in [0, 0.1) is 6.92 Å². The van der Waals surface area contributed by atoms with Gasteiger partial charge in [-0.3, -0.25) is 0 Å². The van der Waals surface area contributed by atoms with Gasteiger partial charge in [0.25, 0.3) is 0 Å². The molecule has 0 unspecified atom stereocenters. The number of hydrogen-bond donors (Lipinski definition) is 2. The van der Waals surface area contributed by atoms with Crippen LogP contribution < -0.4 is 5.32 Å². The molecule has 1 aliphatic carbocycles. The van der Waals surface area contributed by atoms with Crippen LogP contribution in [0.2, 0.25) is 0 Å². The van der Waals surface area contributed by atoms with Gasteiger partial charge in [0.15, 0.2) is 0 Å². The highest BCUT2D eigenvalue weighted by atomic mass is 79.9. The van der Waals surface area contributed by atoms with Crippen LogP contribution in [0.25, 0.3) is 0 Å². The molecule has 0 aliphatic heterocycles. The summed E-state index contributed by atoms with van der Waals surface area (Å²) in [7, 11) is 0. The number of halogens is 1. The molecule has 1 aliphatic rings. The smallest absolute Gasteiger partial charge is 0.0741 e. The molecule has 82 valence electrons. The van der Waals surface area contributed by atoms with Gasteiger partial charge in [0.05, 0.1) is 12.1 Å². The van der Waals surface area contributed by atoms with Crippen LogP contribution in [0.3, 0.4) is 0 Å². The third kappa shape index (κ3) is 2.52. The highest BCUT2D eigenvalue weighted by Gasteiger charge is 2.24. The van der Waals surface area contributed by atoms with Crippen molar-refractivity contribution in [2.24, 2.45) is 0 Å². The highest BCUT2D eigenvalue weighted by molar-refractivity contribution is 9.10. The second-order valence-electron chi connectivity index (χ2n) is 4.21. The van der Waals surface area contributed by atoms with Crippen molar-refractivity contribution in [2.45, 2.75) is 38.3 Å². The van der Waals surface area contributed by atoms with Crippen LogP contribution in [0.5, 0.6) is 0 Å². The van der Waals surface area contributed by atoms with E-state index >= 15 is 0 Å². The molecular formula is C12H16BrNO. The van der Waals surface area contributed by atoms with Crippen molar-refractivity contribution in [3.8, 4) is 0 Å². The molecule has 2 nitrogen and oxygen atoms in total. The summed E-state index contributed by atoms with van der Waals surface area (Å²) in [4.78, 5) is 0. The van der Waals surface area contributed by atoms with E-state index in [9.17, 15) is 5.11 Å². The number of aliphatic hydroxyl groups is 1. The maximum atomic E-state index is 9.70. The summed E-state index contributed by atoms with van der Waals surface area (Å²) in [6.45, 7) is 2.07. The van der Waals surface area contributed by atoms with E-state index in [0.29, 0.717) is 0 Å².